The molecule has 0 aromatic carbocycles. The summed E-state index contributed by atoms with van der Waals surface area (Å²) in [7, 11) is 1.45. The second-order valence-electron chi connectivity index (χ2n) is 12.0. The molecule has 0 spiro atoms. The Labute approximate surface area is 193 Å². The number of carbonyl (C=O) groups is 3. The molecule has 4 aliphatic carbocycles. The average molecular weight is 447 g/mol. The van der Waals surface area contributed by atoms with Gasteiger partial charge in [-0.05, 0) is 91.8 Å². The number of hydrogen-bond donors (Lipinski definition) is 0. The number of methoxy groups -OCH3 is 1. The second kappa shape index (κ2) is 8.76. The lowest BCUT2D eigenvalue weighted by atomic mass is 9.44. The molecule has 0 radical (unpaired) electrons. The number of ketones is 1. The number of carbonyl (C=O) groups excluding carboxylic acids is 3. The van der Waals surface area contributed by atoms with Crippen LogP contribution in [0, 0.1) is 46.3 Å². The van der Waals surface area contributed by atoms with Gasteiger partial charge in [0.25, 0.3) is 0 Å². The van der Waals surface area contributed by atoms with Crippen molar-refractivity contribution >= 4 is 17.7 Å². The Kier molecular flexibility index (Phi) is 6.50. The van der Waals surface area contributed by atoms with Crippen LogP contribution in [0.5, 0.6) is 0 Å². The monoisotopic (exact) mass is 446 g/mol. The van der Waals surface area contributed by atoms with E-state index in [1.54, 1.807) is 0 Å². The predicted molar refractivity (Wildman–Crippen MR) is 122 cm³/mol. The van der Waals surface area contributed by atoms with Crippen LogP contribution in [0.1, 0.15) is 91.9 Å². The largest absolute Gasteiger partial charge is 0.469 e. The number of rotatable bonds is 5. The van der Waals surface area contributed by atoms with Gasteiger partial charge in [0, 0.05) is 25.7 Å². The molecule has 0 aromatic rings. The van der Waals surface area contributed by atoms with Crippen LogP contribution in [-0.2, 0) is 23.9 Å². The highest BCUT2D eigenvalue weighted by Crippen LogP contribution is 2.67. The van der Waals surface area contributed by atoms with Gasteiger partial charge >= 0.3 is 11.9 Å². The van der Waals surface area contributed by atoms with Crippen molar-refractivity contribution in [2.75, 3.05) is 7.11 Å². The van der Waals surface area contributed by atoms with Crippen molar-refractivity contribution in [2.45, 2.75) is 98.0 Å². The fraction of sp³-hybridized carbons (Fsp3) is 0.889. The van der Waals surface area contributed by atoms with E-state index in [2.05, 4.69) is 20.8 Å². The Morgan fingerprint density at radius 2 is 1.84 bits per heavy atom. The Morgan fingerprint density at radius 1 is 1.09 bits per heavy atom. The lowest BCUT2D eigenvalue weighted by molar-refractivity contribution is -0.169. The van der Waals surface area contributed by atoms with E-state index >= 15 is 0 Å². The van der Waals surface area contributed by atoms with Crippen LogP contribution < -0.4 is 0 Å². The fourth-order valence-electron chi connectivity index (χ4n) is 9.00. The van der Waals surface area contributed by atoms with Crippen molar-refractivity contribution in [3.8, 4) is 0 Å². The van der Waals surface area contributed by atoms with E-state index in [-0.39, 0.29) is 34.8 Å². The van der Waals surface area contributed by atoms with Gasteiger partial charge in [-0.1, -0.05) is 20.8 Å². The van der Waals surface area contributed by atoms with E-state index in [4.69, 9.17) is 9.47 Å². The molecule has 0 amide bonds. The fourth-order valence-corrected chi connectivity index (χ4v) is 9.00. The first-order chi connectivity index (χ1) is 15.1. The number of fused-ring (bicyclic) bond motifs is 5. The molecule has 0 aliphatic heterocycles. The van der Waals surface area contributed by atoms with Gasteiger partial charge < -0.3 is 9.47 Å². The van der Waals surface area contributed by atoms with Gasteiger partial charge in [0.1, 0.15) is 11.9 Å². The Hall–Kier alpha value is -1.39. The summed E-state index contributed by atoms with van der Waals surface area (Å²) in [4.78, 5) is 37.0. The third-order valence-electron chi connectivity index (χ3n) is 10.4. The summed E-state index contributed by atoms with van der Waals surface area (Å²) in [6, 6.07) is 0. The van der Waals surface area contributed by atoms with Crippen molar-refractivity contribution in [2.24, 2.45) is 46.3 Å². The minimum Gasteiger partial charge on any atom is -0.469 e. The highest BCUT2D eigenvalue weighted by molar-refractivity contribution is 5.84. The Morgan fingerprint density at radius 3 is 2.53 bits per heavy atom. The molecule has 0 bridgehead atoms. The van der Waals surface area contributed by atoms with Crippen LogP contribution in [0.4, 0.5) is 0 Å². The molecular formula is C27H42O5. The quantitative estimate of drug-likeness (QED) is 0.533. The molecule has 0 aromatic heterocycles. The molecule has 0 saturated heterocycles. The summed E-state index contributed by atoms with van der Waals surface area (Å²) < 4.78 is 10.4. The number of ether oxygens (including phenoxy) is 2. The molecule has 5 nitrogen and oxygen atoms in total. The summed E-state index contributed by atoms with van der Waals surface area (Å²) >= 11 is 0. The van der Waals surface area contributed by atoms with Gasteiger partial charge in [-0.2, -0.15) is 0 Å². The van der Waals surface area contributed by atoms with Gasteiger partial charge in [0.05, 0.1) is 7.11 Å². The maximum atomic E-state index is 13.8. The minimum atomic E-state index is -0.185. The highest BCUT2D eigenvalue weighted by Gasteiger charge is 2.63. The van der Waals surface area contributed by atoms with E-state index in [0.29, 0.717) is 48.2 Å². The standard InChI is InChI=1S/C27H42O5/c1-16(6-11-24(30)31-5)21-9-10-22-20-8-7-18-14-19(32-17(2)28)12-13-26(18,3)25(20)23(29)15-27(21,22)4/h16,18-22,25H,6-15H2,1-5H3/t16-,18-,19-,20+,21-,22+,25-,26-,27+/m0/s1. The van der Waals surface area contributed by atoms with Crippen LogP contribution in [-0.4, -0.2) is 30.9 Å². The van der Waals surface area contributed by atoms with Crippen LogP contribution in [0.2, 0.25) is 0 Å². The molecule has 4 fully saturated rings. The molecule has 5 heteroatoms. The summed E-state index contributed by atoms with van der Waals surface area (Å²) in [6.45, 7) is 8.51. The molecule has 0 N–H and O–H groups in total. The molecule has 4 aliphatic rings. The predicted octanol–water partition coefficient (Wildman–Crippen LogP) is 5.35. The Bertz CT molecular complexity index is 761. The van der Waals surface area contributed by atoms with E-state index in [1.807, 2.05) is 0 Å². The third kappa shape index (κ3) is 3.92. The van der Waals surface area contributed by atoms with Crippen molar-refractivity contribution in [1.29, 1.82) is 0 Å². The lowest BCUT2D eigenvalue weighted by Gasteiger charge is -2.60. The molecule has 9 atom stereocenters. The number of esters is 2. The van der Waals surface area contributed by atoms with Gasteiger partial charge in [-0.15, -0.1) is 0 Å². The first-order valence-electron chi connectivity index (χ1n) is 12.9. The first-order valence-corrected chi connectivity index (χ1v) is 12.9. The van der Waals surface area contributed by atoms with Crippen LogP contribution in [0.25, 0.3) is 0 Å². The maximum absolute atomic E-state index is 13.8. The highest BCUT2D eigenvalue weighted by atomic mass is 16.5. The van der Waals surface area contributed by atoms with Crippen molar-refractivity contribution in [3.63, 3.8) is 0 Å². The molecule has 32 heavy (non-hydrogen) atoms. The third-order valence-corrected chi connectivity index (χ3v) is 10.4. The summed E-state index contributed by atoms with van der Waals surface area (Å²) in [5, 5.41) is 0. The topological polar surface area (TPSA) is 69.7 Å². The minimum absolute atomic E-state index is 0.0256. The SMILES string of the molecule is COC(=O)CC[C@H](C)[C@@H]1CC[C@@H]2[C@H]3CC[C@H]4C[C@@H](OC(C)=O)CC[C@]4(C)[C@@H]3C(=O)C[C@@]21C. The van der Waals surface area contributed by atoms with Crippen LogP contribution >= 0.6 is 0 Å². The molecular weight excluding hydrogens is 404 g/mol. The molecule has 180 valence electrons. The van der Waals surface area contributed by atoms with E-state index < -0.39 is 0 Å². The van der Waals surface area contributed by atoms with E-state index in [9.17, 15) is 14.4 Å². The summed E-state index contributed by atoms with van der Waals surface area (Å²) in [5.74, 6) is 2.85. The second-order valence-corrected chi connectivity index (χ2v) is 12.0. The number of Topliss-reactive ketones (excluding diaryl/α,β-unsaturated/α-hetero) is 1. The molecule has 0 heterocycles. The van der Waals surface area contributed by atoms with Crippen molar-refractivity contribution in [1.82, 2.24) is 0 Å². The lowest BCUT2D eigenvalue weighted by Crippen LogP contribution is -2.58. The van der Waals surface area contributed by atoms with Gasteiger partial charge in [0.2, 0.25) is 0 Å². The summed E-state index contributed by atoms with van der Waals surface area (Å²) in [6.07, 6.45) is 9.51. The van der Waals surface area contributed by atoms with Crippen molar-refractivity contribution in [3.05, 3.63) is 0 Å². The first kappa shape index (κ1) is 23.8. The molecule has 0 unspecified atom stereocenters. The zero-order chi connectivity index (χ0) is 23.3. The number of hydrogen-bond acceptors (Lipinski definition) is 5. The average Bonchev–Trinajstić information content (AvgIpc) is 3.07. The van der Waals surface area contributed by atoms with Gasteiger partial charge in [-0.25, -0.2) is 0 Å². The normalized spacial score (nSPS) is 44.1. The zero-order valence-electron chi connectivity index (χ0n) is 20.7. The maximum Gasteiger partial charge on any atom is 0.305 e. The Balaban J connectivity index is 1.50. The molecule has 4 saturated carbocycles. The van der Waals surface area contributed by atoms with Crippen LogP contribution in [0.15, 0.2) is 0 Å². The zero-order valence-corrected chi connectivity index (χ0v) is 20.7. The van der Waals surface area contributed by atoms with Gasteiger partial charge in [-0.3, -0.25) is 14.4 Å². The molecule has 4 rings (SSSR count). The van der Waals surface area contributed by atoms with Crippen LogP contribution in [0.3, 0.4) is 0 Å². The van der Waals surface area contributed by atoms with Crippen molar-refractivity contribution < 1.29 is 23.9 Å². The van der Waals surface area contributed by atoms with Gasteiger partial charge in [0.15, 0.2) is 0 Å². The summed E-state index contributed by atoms with van der Waals surface area (Å²) in [5.41, 5.74) is 0.110. The smallest absolute Gasteiger partial charge is 0.305 e. The van der Waals surface area contributed by atoms with E-state index in [0.717, 1.165) is 38.5 Å². The van der Waals surface area contributed by atoms with E-state index in [1.165, 1.54) is 26.9 Å².